The van der Waals surface area contributed by atoms with Crippen LogP contribution >= 0.6 is 11.6 Å². The molecule has 3 nitrogen and oxygen atoms in total. The Morgan fingerprint density at radius 2 is 1.76 bits per heavy atom. The third kappa shape index (κ3) is 6.26. The van der Waals surface area contributed by atoms with Gasteiger partial charge in [0.25, 0.3) is 0 Å². The van der Waals surface area contributed by atoms with E-state index in [9.17, 15) is 0 Å². The molecule has 2 aromatic rings. The fourth-order valence-electron chi connectivity index (χ4n) is 2.47. The Hall–Kier alpha value is -1.71. The standard InChI is InChI=1S/C21H28ClNO2/c1-5-24-20-11-18(13-23-12-15(2)3)10-19(22)21(20)25-14-17-8-6-16(4)7-9-17/h6-11,15,23H,5,12-14H2,1-4H3. The van der Waals surface area contributed by atoms with Crippen molar-refractivity contribution in [1.29, 1.82) is 0 Å². The summed E-state index contributed by atoms with van der Waals surface area (Å²) in [4.78, 5) is 0. The summed E-state index contributed by atoms with van der Waals surface area (Å²) in [5, 5.41) is 4.01. The normalized spacial score (nSPS) is 11.0. The first-order valence-electron chi connectivity index (χ1n) is 8.83. The van der Waals surface area contributed by atoms with Crippen molar-refractivity contribution in [3.63, 3.8) is 0 Å². The summed E-state index contributed by atoms with van der Waals surface area (Å²) in [5.74, 6) is 1.92. The molecule has 136 valence electrons. The number of nitrogens with one attached hydrogen (secondary N) is 1. The van der Waals surface area contributed by atoms with Crippen molar-refractivity contribution in [2.45, 2.75) is 40.8 Å². The van der Waals surface area contributed by atoms with Crippen LogP contribution in [0, 0.1) is 12.8 Å². The van der Waals surface area contributed by atoms with E-state index < -0.39 is 0 Å². The van der Waals surface area contributed by atoms with Crippen molar-refractivity contribution in [1.82, 2.24) is 5.32 Å². The summed E-state index contributed by atoms with van der Waals surface area (Å²) in [6.45, 7) is 11.2. The fourth-order valence-corrected chi connectivity index (χ4v) is 2.76. The van der Waals surface area contributed by atoms with E-state index in [2.05, 4.69) is 50.4 Å². The van der Waals surface area contributed by atoms with Gasteiger partial charge in [0.2, 0.25) is 0 Å². The lowest BCUT2D eigenvalue weighted by atomic mass is 10.1. The Morgan fingerprint density at radius 3 is 2.40 bits per heavy atom. The predicted molar refractivity (Wildman–Crippen MR) is 105 cm³/mol. The van der Waals surface area contributed by atoms with E-state index in [0.717, 1.165) is 24.2 Å². The van der Waals surface area contributed by atoms with E-state index >= 15 is 0 Å². The smallest absolute Gasteiger partial charge is 0.180 e. The van der Waals surface area contributed by atoms with Gasteiger partial charge in [0.05, 0.1) is 11.6 Å². The average Bonchev–Trinajstić information content (AvgIpc) is 2.55. The topological polar surface area (TPSA) is 30.5 Å². The first-order valence-corrected chi connectivity index (χ1v) is 9.21. The van der Waals surface area contributed by atoms with E-state index in [1.54, 1.807) is 0 Å². The zero-order chi connectivity index (χ0) is 18.2. The molecular formula is C21H28ClNO2. The zero-order valence-corrected chi connectivity index (χ0v) is 16.3. The summed E-state index contributed by atoms with van der Waals surface area (Å²) < 4.78 is 11.7. The highest BCUT2D eigenvalue weighted by molar-refractivity contribution is 6.32. The average molecular weight is 362 g/mol. The number of hydrogen-bond acceptors (Lipinski definition) is 3. The highest BCUT2D eigenvalue weighted by atomic mass is 35.5. The van der Waals surface area contributed by atoms with Crippen LogP contribution in [0.3, 0.4) is 0 Å². The van der Waals surface area contributed by atoms with Crippen LogP contribution in [0.15, 0.2) is 36.4 Å². The second-order valence-electron chi connectivity index (χ2n) is 6.64. The van der Waals surface area contributed by atoms with Crippen LogP contribution < -0.4 is 14.8 Å². The lowest BCUT2D eigenvalue weighted by molar-refractivity contribution is 0.269. The van der Waals surface area contributed by atoms with Gasteiger partial charge in [-0.1, -0.05) is 55.3 Å². The summed E-state index contributed by atoms with van der Waals surface area (Å²) in [6, 6.07) is 12.2. The highest BCUT2D eigenvalue weighted by Gasteiger charge is 2.13. The van der Waals surface area contributed by atoms with Gasteiger partial charge in [0.15, 0.2) is 11.5 Å². The fraction of sp³-hybridized carbons (Fsp3) is 0.429. The lowest BCUT2D eigenvalue weighted by Gasteiger charge is -2.16. The van der Waals surface area contributed by atoms with Gasteiger partial charge < -0.3 is 14.8 Å². The third-order valence-corrected chi connectivity index (χ3v) is 4.04. The number of hydrogen-bond donors (Lipinski definition) is 1. The Morgan fingerprint density at radius 1 is 1.04 bits per heavy atom. The predicted octanol–water partition coefficient (Wildman–Crippen LogP) is 5.37. The maximum absolute atomic E-state index is 6.47. The zero-order valence-electron chi connectivity index (χ0n) is 15.6. The summed E-state index contributed by atoms with van der Waals surface area (Å²) in [5.41, 5.74) is 3.43. The Kier molecular flexibility index (Phi) is 7.60. The number of rotatable bonds is 9. The second kappa shape index (κ2) is 9.69. The SMILES string of the molecule is CCOc1cc(CNCC(C)C)cc(Cl)c1OCc1ccc(C)cc1. The second-order valence-corrected chi connectivity index (χ2v) is 7.04. The van der Waals surface area contributed by atoms with Crippen molar-refractivity contribution in [3.05, 3.63) is 58.1 Å². The molecule has 4 heteroatoms. The first-order chi connectivity index (χ1) is 12.0. The van der Waals surface area contributed by atoms with E-state index in [1.807, 2.05) is 19.1 Å². The van der Waals surface area contributed by atoms with Crippen LogP contribution in [0.1, 0.15) is 37.5 Å². The molecule has 1 N–H and O–H groups in total. The van der Waals surface area contributed by atoms with Crippen LogP contribution in [0.25, 0.3) is 0 Å². The minimum Gasteiger partial charge on any atom is -0.490 e. The summed E-state index contributed by atoms with van der Waals surface area (Å²) in [7, 11) is 0. The number of ether oxygens (including phenoxy) is 2. The van der Waals surface area contributed by atoms with E-state index in [4.69, 9.17) is 21.1 Å². The lowest BCUT2D eigenvalue weighted by Crippen LogP contribution is -2.19. The van der Waals surface area contributed by atoms with Crippen LogP contribution in [0.4, 0.5) is 0 Å². The molecule has 0 unspecified atom stereocenters. The van der Waals surface area contributed by atoms with Crippen molar-refractivity contribution in [3.8, 4) is 11.5 Å². The molecule has 0 aliphatic carbocycles. The van der Waals surface area contributed by atoms with Crippen LogP contribution in [0.5, 0.6) is 11.5 Å². The first kappa shape index (κ1) is 19.6. The van der Waals surface area contributed by atoms with E-state index in [-0.39, 0.29) is 0 Å². The molecule has 0 aliphatic rings. The number of aryl methyl sites for hydroxylation is 1. The molecule has 2 aromatic carbocycles. The molecule has 0 bridgehead atoms. The third-order valence-electron chi connectivity index (χ3n) is 3.75. The van der Waals surface area contributed by atoms with Gasteiger partial charge >= 0.3 is 0 Å². The molecule has 0 heterocycles. The quantitative estimate of drug-likeness (QED) is 0.651. The van der Waals surface area contributed by atoms with Gasteiger partial charge in [-0.25, -0.2) is 0 Å². The maximum Gasteiger partial charge on any atom is 0.180 e. The van der Waals surface area contributed by atoms with Crippen molar-refractivity contribution >= 4 is 11.6 Å². The summed E-state index contributed by atoms with van der Waals surface area (Å²) >= 11 is 6.47. The molecule has 25 heavy (non-hydrogen) atoms. The largest absolute Gasteiger partial charge is 0.490 e. The molecule has 0 spiro atoms. The van der Waals surface area contributed by atoms with Crippen molar-refractivity contribution in [2.75, 3.05) is 13.2 Å². The molecule has 0 radical (unpaired) electrons. The number of halogens is 1. The Bertz CT molecular complexity index is 668. The molecule has 0 aliphatic heterocycles. The van der Waals surface area contributed by atoms with Crippen LogP contribution in [0.2, 0.25) is 5.02 Å². The van der Waals surface area contributed by atoms with Crippen LogP contribution in [-0.4, -0.2) is 13.2 Å². The summed E-state index contributed by atoms with van der Waals surface area (Å²) in [6.07, 6.45) is 0. The minimum atomic E-state index is 0.463. The Balaban J connectivity index is 2.11. The molecular weight excluding hydrogens is 334 g/mol. The van der Waals surface area contributed by atoms with E-state index in [0.29, 0.717) is 35.7 Å². The van der Waals surface area contributed by atoms with Crippen LogP contribution in [-0.2, 0) is 13.2 Å². The molecule has 0 saturated heterocycles. The maximum atomic E-state index is 6.47. The Labute approximate surface area is 156 Å². The number of benzene rings is 2. The molecule has 2 rings (SSSR count). The molecule has 0 fully saturated rings. The van der Waals surface area contributed by atoms with Gasteiger partial charge in [-0.2, -0.15) is 0 Å². The van der Waals surface area contributed by atoms with Gasteiger partial charge in [-0.3, -0.25) is 0 Å². The van der Waals surface area contributed by atoms with Gasteiger partial charge in [0, 0.05) is 6.54 Å². The highest BCUT2D eigenvalue weighted by Crippen LogP contribution is 2.37. The minimum absolute atomic E-state index is 0.463. The van der Waals surface area contributed by atoms with E-state index in [1.165, 1.54) is 5.56 Å². The van der Waals surface area contributed by atoms with Gasteiger partial charge in [0.1, 0.15) is 6.61 Å². The molecule has 0 atom stereocenters. The van der Waals surface area contributed by atoms with Gasteiger partial charge in [-0.15, -0.1) is 0 Å². The van der Waals surface area contributed by atoms with Crippen molar-refractivity contribution in [2.24, 2.45) is 5.92 Å². The molecule has 0 saturated carbocycles. The van der Waals surface area contributed by atoms with Gasteiger partial charge in [-0.05, 0) is 49.6 Å². The monoisotopic (exact) mass is 361 g/mol. The molecule has 0 aromatic heterocycles. The van der Waals surface area contributed by atoms with Crippen molar-refractivity contribution < 1.29 is 9.47 Å². The molecule has 0 amide bonds.